The molecule has 1 unspecified atom stereocenters. The molecular weight excluding hydrogens is 614 g/mol. The zero-order chi connectivity index (χ0) is 29.3. The van der Waals surface area contributed by atoms with E-state index < -0.39 is 6.10 Å². The number of aliphatic hydroxyl groups excluding tert-OH is 1. The average Bonchev–Trinajstić information content (AvgIpc) is 3.44. The highest BCUT2D eigenvalue weighted by Gasteiger charge is 2.29. The molecule has 2 heterocycles. The van der Waals surface area contributed by atoms with Crippen LogP contribution in [0, 0.1) is 0 Å². The van der Waals surface area contributed by atoms with E-state index in [1.54, 1.807) is 6.33 Å². The Kier molecular flexibility index (Phi) is 10.9. The number of aliphatic hydroxyl groups is 1. The van der Waals surface area contributed by atoms with Crippen LogP contribution in [0.4, 0.5) is 5.82 Å². The smallest absolute Gasteiger partial charge is 0.308 e. The van der Waals surface area contributed by atoms with Crippen LogP contribution < -0.4 is 27.0 Å². The third-order valence-corrected chi connectivity index (χ3v) is 7.67. The van der Waals surface area contributed by atoms with Crippen molar-refractivity contribution in [3.8, 4) is 0 Å². The number of hydrogen-bond acceptors (Lipinski definition) is 5. The molecule has 2 aromatic heterocycles. The molecule has 2 N–H and O–H groups in total. The maximum Gasteiger partial charge on any atom is 0.308 e. The molecular formula is C36H36BrN5O2. The van der Waals surface area contributed by atoms with Crippen LogP contribution in [0.3, 0.4) is 0 Å². The quantitative estimate of drug-likeness (QED) is 0.148. The highest BCUT2D eigenvalue weighted by Crippen LogP contribution is 2.26. The Morgan fingerprint density at radius 3 is 1.91 bits per heavy atom. The average molecular weight is 651 g/mol. The van der Waals surface area contributed by atoms with Crippen LogP contribution >= 0.6 is 0 Å². The van der Waals surface area contributed by atoms with E-state index in [0.717, 1.165) is 34.3 Å². The van der Waals surface area contributed by atoms with Crippen molar-refractivity contribution in [3.05, 3.63) is 156 Å². The third kappa shape index (κ3) is 7.58. The first-order valence-electron chi connectivity index (χ1n) is 14.7. The van der Waals surface area contributed by atoms with Crippen LogP contribution in [-0.2, 0) is 24.4 Å². The highest BCUT2D eigenvalue weighted by atomic mass is 79.9. The van der Waals surface area contributed by atoms with Crippen molar-refractivity contribution in [1.29, 1.82) is 0 Å². The second kappa shape index (κ2) is 15.4. The lowest BCUT2D eigenvalue weighted by atomic mass is 9.98. The van der Waals surface area contributed by atoms with Gasteiger partial charge in [0.1, 0.15) is 6.04 Å². The molecule has 0 saturated carbocycles. The molecule has 0 radical (unpaired) electrons. The van der Waals surface area contributed by atoms with Gasteiger partial charge in [-0.15, -0.1) is 0 Å². The van der Waals surface area contributed by atoms with Crippen molar-refractivity contribution >= 4 is 17.0 Å². The summed E-state index contributed by atoms with van der Waals surface area (Å²) >= 11 is 0. The van der Waals surface area contributed by atoms with Gasteiger partial charge in [0.25, 0.3) is 0 Å². The minimum Gasteiger partial charge on any atom is -1.00 e. The fraction of sp³-hybridized carbons (Fsp3) is 0.194. The number of nitrogens with zero attached hydrogens (tertiary/aromatic N) is 4. The van der Waals surface area contributed by atoms with Gasteiger partial charge in [-0.1, -0.05) is 126 Å². The van der Waals surface area contributed by atoms with E-state index in [-0.39, 0.29) is 23.0 Å². The van der Waals surface area contributed by atoms with Crippen LogP contribution in [0.5, 0.6) is 0 Å². The summed E-state index contributed by atoms with van der Waals surface area (Å²) in [4.78, 5) is 15.3. The summed E-state index contributed by atoms with van der Waals surface area (Å²) in [6.45, 7) is 0.985. The normalized spacial score (nSPS) is 11.8. The highest BCUT2D eigenvalue weighted by molar-refractivity contribution is 5.80. The standard InChI is InChI=1S/C36H36N5O2.BrH/c42-32(22-21-28-13-5-1-6-14-28)23-24-40-27-41(33(30-17-9-3-10-18-30)31-19-11-4-12-20-31)36-34(40)35(37-26-38-36)39-43-25-29-15-7-2-8-16-29;/h1-20,26-27,32-33,42H,21-25H2,(H,37,38,39);1H/q+1;/p-1. The first-order chi connectivity index (χ1) is 21.3. The maximum atomic E-state index is 11.0. The number of benzene rings is 4. The van der Waals surface area contributed by atoms with Crippen molar-refractivity contribution in [2.75, 3.05) is 5.48 Å². The van der Waals surface area contributed by atoms with E-state index in [1.165, 1.54) is 5.56 Å². The molecule has 0 fully saturated rings. The monoisotopic (exact) mass is 649 g/mol. The second-order valence-electron chi connectivity index (χ2n) is 10.7. The topological polar surface area (TPSA) is 76.1 Å². The number of anilines is 1. The fourth-order valence-corrected chi connectivity index (χ4v) is 5.48. The lowest BCUT2D eigenvalue weighted by molar-refractivity contribution is -0.682. The molecule has 8 heteroatoms. The molecule has 224 valence electrons. The number of aryl methyl sites for hydroxylation is 2. The molecule has 0 spiro atoms. The molecule has 44 heavy (non-hydrogen) atoms. The first kappa shape index (κ1) is 31.1. The summed E-state index contributed by atoms with van der Waals surface area (Å²) in [5, 5.41) is 11.0. The summed E-state index contributed by atoms with van der Waals surface area (Å²) in [5.74, 6) is 0.582. The molecule has 4 aromatic carbocycles. The first-order valence-corrected chi connectivity index (χ1v) is 14.7. The SMILES string of the molecule is OC(CCc1ccccc1)CCn1c[n+](C(c2ccccc2)c2ccccc2)c2ncnc(NOCc3ccccc3)c21.[Br-]. The molecule has 6 rings (SSSR count). The van der Waals surface area contributed by atoms with Gasteiger partial charge in [-0.25, -0.2) is 10.0 Å². The number of fused-ring (bicyclic) bond motifs is 1. The zero-order valence-electron chi connectivity index (χ0n) is 24.4. The summed E-state index contributed by atoms with van der Waals surface area (Å²) in [5.41, 5.74) is 9.27. The largest absolute Gasteiger partial charge is 1.00 e. The van der Waals surface area contributed by atoms with E-state index in [0.29, 0.717) is 31.8 Å². The predicted molar refractivity (Wildman–Crippen MR) is 168 cm³/mol. The molecule has 0 bridgehead atoms. The number of aromatic nitrogens is 4. The van der Waals surface area contributed by atoms with Crippen LogP contribution in [0.2, 0.25) is 0 Å². The minimum absolute atomic E-state index is 0. The Hall–Kier alpha value is -4.37. The van der Waals surface area contributed by atoms with Gasteiger partial charge in [0, 0.05) is 6.42 Å². The lowest BCUT2D eigenvalue weighted by Gasteiger charge is -2.16. The number of rotatable bonds is 13. The van der Waals surface area contributed by atoms with Crippen molar-refractivity contribution in [2.45, 2.75) is 44.6 Å². The van der Waals surface area contributed by atoms with Crippen LogP contribution in [0.15, 0.2) is 134 Å². The van der Waals surface area contributed by atoms with Gasteiger partial charge in [-0.3, -0.25) is 9.40 Å². The zero-order valence-corrected chi connectivity index (χ0v) is 26.0. The molecule has 0 aliphatic rings. The second-order valence-corrected chi connectivity index (χ2v) is 10.7. The van der Waals surface area contributed by atoms with Crippen molar-refractivity contribution in [1.82, 2.24) is 14.5 Å². The van der Waals surface area contributed by atoms with Gasteiger partial charge in [0.2, 0.25) is 5.52 Å². The van der Waals surface area contributed by atoms with Crippen LogP contribution in [0.1, 0.15) is 41.1 Å². The third-order valence-electron chi connectivity index (χ3n) is 7.67. The molecule has 1 atom stereocenters. The van der Waals surface area contributed by atoms with Gasteiger partial charge in [0.05, 0.1) is 19.3 Å². The summed E-state index contributed by atoms with van der Waals surface area (Å²) in [7, 11) is 0. The van der Waals surface area contributed by atoms with Gasteiger partial charge in [-0.05, 0) is 35.1 Å². The molecule has 6 aromatic rings. The number of hydrogen-bond donors (Lipinski definition) is 2. The van der Waals surface area contributed by atoms with E-state index >= 15 is 0 Å². The molecule has 7 nitrogen and oxygen atoms in total. The lowest BCUT2D eigenvalue weighted by Crippen LogP contribution is -3.00. The Morgan fingerprint density at radius 1 is 0.727 bits per heavy atom. The van der Waals surface area contributed by atoms with Gasteiger partial charge in [-0.2, -0.15) is 4.98 Å². The van der Waals surface area contributed by atoms with Crippen molar-refractivity contribution < 1.29 is 31.5 Å². The van der Waals surface area contributed by atoms with E-state index in [9.17, 15) is 5.11 Å². The van der Waals surface area contributed by atoms with Crippen molar-refractivity contribution in [3.63, 3.8) is 0 Å². The minimum atomic E-state index is -0.444. The van der Waals surface area contributed by atoms with Gasteiger partial charge >= 0.3 is 5.65 Å². The van der Waals surface area contributed by atoms with E-state index in [1.807, 2.05) is 60.7 Å². The van der Waals surface area contributed by atoms with Crippen LogP contribution in [0.25, 0.3) is 11.2 Å². The maximum absolute atomic E-state index is 11.0. The van der Waals surface area contributed by atoms with Crippen LogP contribution in [-0.4, -0.2) is 25.7 Å². The Morgan fingerprint density at radius 2 is 1.30 bits per heavy atom. The Balaban J connectivity index is 0.00000384. The summed E-state index contributed by atoms with van der Waals surface area (Å²) in [6.07, 6.45) is 5.34. The van der Waals surface area contributed by atoms with Gasteiger partial charge in [0.15, 0.2) is 18.5 Å². The predicted octanol–water partition coefficient (Wildman–Crippen LogP) is 3.29. The molecule has 0 aliphatic carbocycles. The van der Waals surface area contributed by atoms with Gasteiger partial charge < -0.3 is 22.1 Å². The van der Waals surface area contributed by atoms with E-state index in [2.05, 4.69) is 86.6 Å². The Bertz CT molecular complexity index is 1680. The summed E-state index contributed by atoms with van der Waals surface area (Å²) in [6, 6.07) is 41.1. The summed E-state index contributed by atoms with van der Waals surface area (Å²) < 4.78 is 4.33. The molecule has 0 aliphatic heterocycles. The Labute approximate surface area is 268 Å². The number of nitrogens with one attached hydrogen (secondary N) is 1. The number of imidazole rings is 1. The van der Waals surface area contributed by atoms with E-state index in [4.69, 9.17) is 9.82 Å². The number of halogens is 1. The molecule has 0 saturated heterocycles. The van der Waals surface area contributed by atoms with Crippen molar-refractivity contribution in [2.24, 2.45) is 0 Å². The fourth-order valence-electron chi connectivity index (χ4n) is 5.48. The molecule has 0 amide bonds.